The number of rotatable bonds is 4. The van der Waals surface area contributed by atoms with Crippen molar-refractivity contribution in [1.82, 2.24) is 25.8 Å². The number of pyridine rings is 1. The Kier molecular flexibility index (Phi) is 3.92. The molecule has 1 atom stereocenters. The van der Waals surface area contributed by atoms with E-state index in [4.69, 9.17) is 4.52 Å². The Bertz CT molecular complexity index is 634. The van der Waals surface area contributed by atoms with Crippen molar-refractivity contribution in [2.45, 2.75) is 32.4 Å². The van der Waals surface area contributed by atoms with Gasteiger partial charge in [0.1, 0.15) is 0 Å². The molecule has 21 heavy (non-hydrogen) atoms. The Labute approximate surface area is 122 Å². The number of nitrogens with zero attached hydrogens (tertiary/aromatic N) is 3. The molecule has 3 rings (SSSR count). The zero-order chi connectivity index (χ0) is 14.7. The zero-order valence-corrected chi connectivity index (χ0v) is 11.8. The van der Waals surface area contributed by atoms with Crippen LogP contribution in [0.15, 0.2) is 22.7 Å². The summed E-state index contributed by atoms with van der Waals surface area (Å²) in [5.74, 6) is 0.184. The molecule has 1 fully saturated rings. The molecule has 1 amide bonds. The summed E-state index contributed by atoms with van der Waals surface area (Å²) in [6.45, 7) is 3.19. The topological polar surface area (TPSA) is 92.9 Å². The second-order valence-electron chi connectivity index (χ2n) is 5.06. The highest BCUT2D eigenvalue weighted by Gasteiger charge is 2.24. The molecule has 1 aliphatic rings. The Morgan fingerprint density at radius 2 is 2.38 bits per heavy atom. The van der Waals surface area contributed by atoms with Gasteiger partial charge in [0, 0.05) is 5.69 Å². The molecule has 7 nitrogen and oxygen atoms in total. The predicted molar refractivity (Wildman–Crippen MR) is 74.4 cm³/mol. The minimum absolute atomic E-state index is 0.0614. The van der Waals surface area contributed by atoms with Gasteiger partial charge in [0.15, 0.2) is 0 Å². The van der Waals surface area contributed by atoms with Gasteiger partial charge in [0.2, 0.25) is 5.89 Å². The average molecular weight is 287 g/mol. The Hall–Kier alpha value is -2.28. The zero-order valence-electron chi connectivity index (χ0n) is 11.8. The fourth-order valence-electron chi connectivity index (χ4n) is 2.31. The second-order valence-corrected chi connectivity index (χ2v) is 5.06. The van der Waals surface area contributed by atoms with Crippen molar-refractivity contribution in [3.8, 4) is 0 Å². The van der Waals surface area contributed by atoms with Crippen LogP contribution in [0.5, 0.6) is 0 Å². The lowest BCUT2D eigenvalue weighted by Crippen LogP contribution is -2.24. The maximum Gasteiger partial charge on any atom is 0.293 e. The van der Waals surface area contributed by atoms with Crippen molar-refractivity contribution in [2.75, 3.05) is 6.54 Å². The van der Waals surface area contributed by atoms with E-state index >= 15 is 0 Å². The van der Waals surface area contributed by atoms with E-state index in [1.54, 1.807) is 0 Å². The van der Waals surface area contributed by atoms with E-state index in [1.165, 1.54) is 0 Å². The van der Waals surface area contributed by atoms with E-state index in [0.29, 0.717) is 12.4 Å². The van der Waals surface area contributed by atoms with E-state index in [2.05, 4.69) is 25.8 Å². The van der Waals surface area contributed by atoms with Crippen molar-refractivity contribution >= 4 is 5.91 Å². The van der Waals surface area contributed by atoms with Crippen LogP contribution in [-0.4, -0.2) is 27.6 Å². The molecule has 0 aromatic carbocycles. The van der Waals surface area contributed by atoms with Gasteiger partial charge in [-0.25, -0.2) is 0 Å². The van der Waals surface area contributed by atoms with Crippen molar-refractivity contribution in [2.24, 2.45) is 0 Å². The third-order valence-electron chi connectivity index (χ3n) is 3.38. The van der Waals surface area contributed by atoms with Crippen LogP contribution >= 0.6 is 0 Å². The number of aromatic nitrogens is 3. The van der Waals surface area contributed by atoms with Gasteiger partial charge >= 0.3 is 0 Å². The SMILES string of the molecule is Cc1cccc(CNC(=O)c2noc(C3CCCN3)n2)n1. The lowest BCUT2D eigenvalue weighted by molar-refractivity contribution is 0.0937. The summed E-state index contributed by atoms with van der Waals surface area (Å²) in [4.78, 5) is 20.5. The molecular weight excluding hydrogens is 270 g/mol. The van der Waals surface area contributed by atoms with Gasteiger partial charge in [-0.15, -0.1) is 0 Å². The van der Waals surface area contributed by atoms with Crippen molar-refractivity contribution in [3.63, 3.8) is 0 Å². The van der Waals surface area contributed by atoms with Crippen LogP contribution in [0.3, 0.4) is 0 Å². The highest BCUT2D eigenvalue weighted by molar-refractivity contribution is 5.90. The lowest BCUT2D eigenvalue weighted by atomic mass is 10.2. The molecule has 0 saturated carbocycles. The van der Waals surface area contributed by atoms with Crippen LogP contribution in [0.2, 0.25) is 0 Å². The average Bonchev–Trinajstić information content (AvgIpc) is 3.15. The highest BCUT2D eigenvalue weighted by atomic mass is 16.5. The van der Waals surface area contributed by atoms with Crippen LogP contribution < -0.4 is 10.6 Å². The standard InChI is InChI=1S/C14H17N5O2/c1-9-4-2-5-10(17-9)8-16-13(20)12-18-14(21-19-12)11-6-3-7-15-11/h2,4-5,11,15H,3,6-8H2,1H3,(H,16,20). The molecule has 2 aromatic heterocycles. The molecule has 1 unspecified atom stereocenters. The predicted octanol–water partition coefficient (Wildman–Crippen LogP) is 1.13. The number of hydrogen-bond donors (Lipinski definition) is 2. The molecule has 0 spiro atoms. The molecule has 1 aliphatic heterocycles. The summed E-state index contributed by atoms with van der Waals surface area (Å²) in [6.07, 6.45) is 2.03. The molecule has 0 aliphatic carbocycles. The minimum atomic E-state index is -0.355. The number of aryl methyl sites for hydroxylation is 1. The Morgan fingerprint density at radius 1 is 1.48 bits per heavy atom. The van der Waals surface area contributed by atoms with E-state index in [1.807, 2.05) is 25.1 Å². The largest absolute Gasteiger partial charge is 0.344 e. The van der Waals surface area contributed by atoms with E-state index in [9.17, 15) is 4.79 Å². The Balaban J connectivity index is 1.60. The number of carbonyl (C=O) groups excluding carboxylic acids is 1. The van der Waals surface area contributed by atoms with E-state index < -0.39 is 0 Å². The van der Waals surface area contributed by atoms with Gasteiger partial charge < -0.3 is 15.2 Å². The summed E-state index contributed by atoms with van der Waals surface area (Å²) >= 11 is 0. The monoisotopic (exact) mass is 287 g/mol. The molecular formula is C14H17N5O2. The third kappa shape index (κ3) is 3.25. The van der Waals surface area contributed by atoms with Gasteiger partial charge in [0.05, 0.1) is 18.3 Å². The van der Waals surface area contributed by atoms with Crippen LogP contribution in [-0.2, 0) is 6.54 Å². The van der Waals surface area contributed by atoms with Gasteiger partial charge in [-0.05, 0) is 38.4 Å². The summed E-state index contributed by atoms with van der Waals surface area (Å²) in [5.41, 5.74) is 1.71. The normalized spacial score (nSPS) is 17.9. The molecule has 2 aromatic rings. The lowest BCUT2D eigenvalue weighted by Gasteiger charge is -2.03. The highest BCUT2D eigenvalue weighted by Crippen LogP contribution is 2.20. The molecule has 1 saturated heterocycles. The first-order chi connectivity index (χ1) is 10.2. The molecule has 3 heterocycles. The summed E-state index contributed by atoms with van der Waals surface area (Å²) in [7, 11) is 0. The van der Waals surface area contributed by atoms with Crippen LogP contribution in [0, 0.1) is 6.92 Å². The second kappa shape index (κ2) is 6.01. The van der Waals surface area contributed by atoms with Crippen molar-refractivity contribution in [3.05, 3.63) is 41.3 Å². The van der Waals surface area contributed by atoms with E-state index in [0.717, 1.165) is 30.8 Å². The molecule has 110 valence electrons. The van der Waals surface area contributed by atoms with Gasteiger partial charge in [-0.1, -0.05) is 11.2 Å². The van der Waals surface area contributed by atoms with Gasteiger partial charge in [0.25, 0.3) is 11.7 Å². The molecule has 0 radical (unpaired) electrons. The van der Waals surface area contributed by atoms with Crippen LogP contribution in [0.1, 0.15) is 46.8 Å². The Morgan fingerprint density at radius 3 is 3.14 bits per heavy atom. The smallest absolute Gasteiger partial charge is 0.293 e. The summed E-state index contributed by atoms with van der Waals surface area (Å²) < 4.78 is 5.14. The first kappa shape index (κ1) is 13.7. The molecule has 0 bridgehead atoms. The van der Waals surface area contributed by atoms with Gasteiger partial charge in [-0.2, -0.15) is 4.98 Å². The van der Waals surface area contributed by atoms with Crippen LogP contribution in [0.25, 0.3) is 0 Å². The van der Waals surface area contributed by atoms with Crippen LogP contribution in [0.4, 0.5) is 0 Å². The fourth-order valence-corrected chi connectivity index (χ4v) is 2.31. The third-order valence-corrected chi connectivity index (χ3v) is 3.38. The first-order valence-corrected chi connectivity index (χ1v) is 7.00. The maximum absolute atomic E-state index is 12.0. The quantitative estimate of drug-likeness (QED) is 0.875. The summed E-state index contributed by atoms with van der Waals surface area (Å²) in [6, 6.07) is 5.74. The van der Waals surface area contributed by atoms with Crippen molar-refractivity contribution in [1.29, 1.82) is 0 Å². The number of hydrogen-bond acceptors (Lipinski definition) is 6. The minimum Gasteiger partial charge on any atom is -0.344 e. The van der Waals surface area contributed by atoms with Crippen molar-refractivity contribution < 1.29 is 9.32 Å². The van der Waals surface area contributed by atoms with Gasteiger partial charge in [-0.3, -0.25) is 9.78 Å². The summed E-state index contributed by atoms with van der Waals surface area (Å²) in [5, 5.41) is 9.72. The maximum atomic E-state index is 12.0. The van der Waals surface area contributed by atoms with E-state index in [-0.39, 0.29) is 17.8 Å². The fraction of sp³-hybridized carbons (Fsp3) is 0.429. The number of amides is 1. The number of nitrogens with one attached hydrogen (secondary N) is 2. The first-order valence-electron chi connectivity index (χ1n) is 7.00. The molecule has 2 N–H and O–H groups in total. The molecule has 7 heteroatoms. The number of carbonyl (C=O) groups is 1.